The molecule has 2 rings (SSSR count). The quantitative estimate of drug-likeness (QED) is 0.330. The molecule has 186 valence electrons. The van der Waals surface area contributed by atoms with E-state index in [2.05, 4.69) is 45.9 Å². The fourth-order valence-electron chi connectivity index (χ4n) is 4.50. The molecule has 0 fully saturated rings. The Bertz CT molecular complexity index is 941. The summed E-state index contributed by atoms with van der Waals surface area (Å²) in [6.45, 7) is 12.3. The van der Waals surface area contributed by atoms with E-state index in [0.29, 0.717) is 17.5 Å². The van der Waals surface area contributed by atoms with E-state index in [-0.39, 0.29) is 17.6 Å². The molecule has 1 aromatic carbocycles. The van der Waals surface area contributed by atoms with Gasteiger partial charge >= 0.3 is 0 Å². The highest BCUT2D eigenvalue weighted by Crippen LogP contribution is 2.39. The minimum atomic E-state index is -0.988. The minimum Gasteiger partial charge on any atom is -0.388 e. The average molecular weight is 465 g/mol. The molecule has 4 atom stereocenters. The van der Waals surface area contributed by atoms with Gasteiger partial charge < -0.3 is 10.2 Å². The number of allylic oxidation sites excluding steroid dienone is 6. The van der Waals surface area contributed by atoms with Gasteiger partial charge in [-0.15, -0.1) is 0 Å². The first kappa shape index (κ1) is 28.0. The number of Topliss-reactive ketones (excluding diaryl/α,β-unsaturated/α-hetero) is 1. The third-order valence-corrected chi connectivity index (χ3v) is 6.84. The number of carbonyl (C=O) groups excluding carboxylic acids is 1. The van der Waals surface area contributed by atoms with Crippen LogP contribution in [0.3, 0.4) is 0 Å². The van der Waals surface area contributed by atoms with Crippen molar-refractivity contribution in [3.8, 4) is 0 Å². The van der Waals surface area contributed by atoms with Crippen molar-refractivity contribution >= 4 is 5.78 Å². The van der Waals surface area contributed by atoms with E-state index in [1.54, 1.807) is 19.1 Å². The van der Waals surface area contributed by atoms with Crippen LogP contribution in [0.5, 0.6) is 0 Å². The number of hydrogen-bond donors (Lipinski definition) is 2. The van der Waals surface area contributed by atoms with Crippen LogP contribution >= 0.6 is 0 Å². The van der Waals surface area contributed by atoms with Crippen LogP contribution in [-0.4, -0.2) is 21.6 Å². The molecule has 0 saturated carbocycles. The second-order valence-electron chi connectivity index (χ2n) is 10.5. The van der Waals surface area contributed by atoms with Crippen molar-refractivity contribution in [2.45, 2.75) is 91.8 Å². The van der Waals surface area contributed by atoms with Gasteiger partial charge in [-0.25, -0.2) is 0 Å². The van der Waals surface area contributed by atoms with Crippen LogP contribution in [0.1, 0.15) is 102 Å². The van der Waals surface area contributed by atoms with Crippen molar-refractivity contribution in [3.63, 3.8) is 0 Å². The summed E-state index contributed by atoms with van der Waals surface area (Å²) in [6, 6.07) is 7.27. The van der Waals surface area contributed by atoms with E-state index in [9.17, 15) is 15.0 Å². The molecule has 0 radical (unpaired) electrons. The second-order valence-corrected chi connectivity index (χ2v) is 10.5. The number of aliphatic hydroxyl groups excluding tert-OH is 1. The Morgan fingerprint density at radius 1 is 0.971 bits per heavy atom. The van der Waals surface area contributed by atoms with Crippen molar-refractivity contribution in [2.24, 2.45) is 11.8 Å². The maximum atomic E-state index is 12.7. The first-order valence-corrected chi connectivity index (χ1v) is 12.7. The fraction of sp³-hybridized carbons (Fsp3) is 0.516. The zero-order chi connectivity index (χ0) is 25.3. The van der Waals surface area contributed by atoms with Gasteiger partial charge in [-0.1, -0.05) is 78.3 Å². The Hall–Kier alpha value is -2.23. The van der Waals surface area contributed by atoms with Gasteiger partial charge in [0, 0.05) is 17.4 Å². The van der Waals surface area contributed by atoms with Gasteiger partial charge in [-0.05, 0) is 78.7 Å². The summed E-state index contributed by atoms with van der Waals surface area (Å²) in [5.74, 6) is -0.606. The zero-order valence-corrected chi connectivity index (χ0v) is 22.0. The Labute approximate surface area is 207 Å². The molecule has 4 unspecified atom stereocenters. The molecule has 0 saturated heterocycles. The summed E-state index contributed by atoms with van der Waals surface area (Å²) in [6.07, 6.45) is 15.4. The molecule has 3 heteroatoms. The summed E-state index contributed by atoms with van der Waals surface area (Å²) in [7, 11) is 0. The van der Waals surface area contributed by atoms with E-state index in [1.807, 2.05) is 31.2 Å². The molecule has 0 spiro atoms. The lowest BCUT2D eigenvalue weighted by Crippen LogP contribution is -2.32. The Balaban J connectivity index is 1.86. The number of hydrogen-bond acceptors (Lipinski definition) is 3. The van der Waals surface area contributed by atoms with Crippen molar-refractivity contribution in [3.05, 3.63) is 82.5 Å². The van der Waals surface area contributed by atoms with Gasteiger partial charge in [-0.2, -0.15) is 0 Å². The van der Waals surface area contributed by atoms with E-state index in [0.717, 1.165) is 32.1 Å². The van der Waals surface area contributed by atoms with Crippen LogP contribution in [0.2, 0.25) is 0 Å². The highest BCUT2D eigenvalue weighted by Gasteiger charge is 2.37. The molecule has 2 N–H and O–H groups in total. The van der Waals surface area contributed by atoms with Gasteiger partial charge in [0.1, 0.15) is 0 Å². The molecule has 0 bridgehead atoms. The monoisotopic (exact) mass is 464 g/mol. The predicted octanol–water partition coefficient (Wildman–Crippen LogP) is 7.68. The maximum Gasteiger partial charge on any atom is 0.166 e. The van der Waals surface area contributed by atoms with Gasteiger partial charge in [0.15, 0.2) is 5.78 Å². The second kappa shape index (κ2) is 13.0. The topological polar surface area (TPSA) is 57.5 Å². The number of carbonyl (C=O) groups is 1. The Kier molecular flexibility index (Phi) is 10.7. The molecule has 3 nitrogen and oxygen atoms in total. The normalized spacial score (nSPS) is 23.1. The van der Waals surface area contributed by atoms with Crippen molar-refractivity contribution < 1.29 is 15.0 Å². The number of benzene rings is 1. The first-order chi connectivity index (χ1) is 16.0. The van der Waals surface area contributed by atoms with Gasteiger partial charge in [0.2, 0.25) is 0 Å². The molecule has 0 amide bonds. The summed E-state index contributed by atoms with van der Waals surface area (Å²) in [4.78, 5) is 12.7. The molecule has 1 aromatic rings. The molecular formula is C31H44O3. The largest absolute Gasteiger partial charge is 0.388 e. The van der Waals surface area contributed by atoms with Crippen LogP contribution < -0.4 is 0 Å². The number of fused-ring (bicyclic) bond motifs is 1. The molecular weight excluding hydrogens is 420 g/mol. The van der Waals surface area contributed by atoms with E-state index in [4.69, 9.17) is 0 Å². The molecule has 0 aromatic heterocycles. The van der Waals surface area contributed by atoms with Crippen molar-refractivity contribution in [1.82, 2.24) is 0 Å². The van der Waals surface area contributed by atoms with E-state index in [1.165, 1.54) is 16.7 Å². The Morgan fingerprint density at radius 2 is 1.56 bits per heavy atom. The van der Waals surface area contributed by atoms with E-state index < -0.39 is 11.7 Å². The van der Waals surface area contributed by atoms with Crippen LogP contribution in [0, 0.1) is 11.8 Å². The average Bonchev–Trinajstić information content (AvgIpc) is 2.77. The first-order valence-electron chi connectivity index (χ1n) is 12.7. The molecule has 0 heterocycles. The van der Waals surface area contributed by atoms with Crippen LogP contribution in [-0.2, 0) is 0 Å². The SMILES string of the molecule is CC(C)=CCC/C(C)=C/CC/C(C)=C/CCC(C)(O)/C=C/C1C(C)C(=O)c2ccccc2C1O. The molecule has 1 aliphatic rings. The van der Waals surface area contributed by atoms with Crippen LogP contribution in [0.25, 0.3) is 0 Å². The lowest BCUT2D eigenvalue weighted by Gasteiger charge is -2.33. The predicted molar refractivity (Wildman–Crippen MR) is 143 cm³/mol. The van der Waals surface area contributed by atoms with E-state index >= 15 is 0 Å². The third kappa shape index (κ3) is 8.52. The van der Waals surface area contributed by atoms with Crippen LogP contribution in [0.15, 0.2) is 71.4 Å². The molecule has 34 heavy (non-hydrogen) atoms. The van der Waals surface area contributed by atoms with Crippen molar-refractivity contribution in [2.75, 3.05) is 0 Å². The summed E-state index contributed by atoms with van der Waals surface area (Å²) < 4.78 is 0. The lowest BCUT2D eigenvalue weighted by atomic mass is 9.73. The van der Waals surface area contributed by atoms with Gasteiger partial charge in [0.05, 0.1) is 11.7 Å². The zero-order valence-electron chi connectivity index (χ0n) is 22.0. The lowest BCUT2D eigenvalue weighted by molar-refractivity contribution is 0.0627. The molecule has 1 aliphatic carbocycles. The number of aliphatic hydroxyl groups is 2. The standard InChI is InChI=1S/C31H44O3/c1-22(2)12-9-13-23(3)14-10-15-24(4)16-11-20-31(6,34)21-19-26-25(5)29(32)27-17-7-8-18-28(27)30(26)33/h7-8,12,14,16-19,21,25-26,30,33-34H,9-11,13,15,20H2,1-6H3/b21-19+,23-14+,24-16+. The number of rotatable bonds is 11. The van der Waals surface area contributed by atoms with Gasteiger partial charge in [0.25, 0.3) is 0 Å². The van der Waals surface area contributed by atoms with Crippen molar-refractivity contribution in [1.29, 1.82) is 0 Å². The molecule has 0 aliphatic heterocycles. The summed E-state index contributed by atoms with van der Waals surface area (Å²) in [5.41, 5.74) is 4.46. The highest BCUT2D eigenvalue weighted by atomic mass is 16.3. The highest BCUT2D eigenvalue weighted by molar-refractivity contribution is 6.00. The number of ketones is 1. The van der Waals surface area contributed by atoms with Crippen LogP contribution in [0.4, 0.5) is 0 Å². The smallest absolute Gasteiger partial charge is 0.166 e. The summed E-state index contributed by atoms with van der Waals surface area (Å²) in [5, 5.41) is 21.7. The fourth-order valence-corrected chi connectivity index (χ4v) is 4.50. The Morgan fingerprint density at radius 3 is 2.21 bits per heavy atom. The third-order valence-electron chi connectivity index (χ3n) is 6.84. The maximum absolute atomic E-state index is 12.7. The van der Waals surface area contributed by atoms with Gasteiger partial charge in [-0.3, -0.25) is 4.79 Å². The minimum absolute atomic E-state index is 0.0509. The summed E-state index contributed by atoms with van der Waals surface area (Å²) >= 11 is 0.